The number of carboxylic acids is 2. The third kappa shape index (κ3) is 15.0. The number of ketones is 1. The number of benzene rings is 1. The highest BCUT2D eigenvalue weighted by Gasteiger charge is 2.14. The molecule has 6 nitrogen and oxygen atoms in total. The first-order valence-corrected chi connectivity index (χ1v) is 10.7. The molecular weight excluding hydrogens is 462 g/mol. The van der Waals surface area contributed by atoms with E-state index in [1.54, 1.807) is 0 Å². The Bertz CT molecular complexity index is 768. The molecule has 0 spiro atoms. The van der Waals surface area contributed by atoms with Gasteiger partial charge in [0.25, 0.3) is 0 Å². The standard InChI is InChI=1S/C20H28BrNO.C4H4O4/c1-5-14-22(4)15-13-16(2)7-6-8-17(3)20(23)18-9-11-19(21)12-10-18;5-3(6)1-2-4(7)8/h5,9-13,17H,1,6-8,14-15H2,2-4H3;1-2H,(H,5,6)(H,7,8)/b16-13+;2-1+. The number of nitrogens with zero attached hydrogens (tertiary/aromatic N) is 1. The molecule has 170 valence electrons. The molecule has 31 heavy (non-hydrogen) atoms. The Labute approximate surface area is 193 Å². The van der Waals surface area contributed by atoms with Crippen LogP contribution in [0.5, 0.6) is 0 Å². The summed E-state index contributed by atoms with van der Waals surface area (Å²) in [4.78, 5) is 33.7. The Balaban J connectivity index is 0.000000954. The van der Waals surface area contributed by atoms with Crippen molar-refractivity contribution in [2.75, 3.05) is 20.1 Å². The van der Waals surface area contributed by atoms with Crippen LogP contribution in [0.25, 0.3) is 0 Å². The average Bonchev–Trinajstić information content (AvgIpc) is 2.71. The van der Waals surface area contributed by atoms with Crippen LogP contribution in [0.4, 0.5) is 0 Å². The summed E-state index contributed by atoms with van der Waals surface area (Å²) in [5.41, 5.74) is 2.20. The molecule has 0 amide bonds. The molecule has 1 aromatic rings. The monoisotopic (exact) mass is 493 g/mol. The number of hydrogen-bond acceptors (Lipinski definition) is 4. The highest BCUT2D eigenvalue weighted by Crippen LogP contribution is 2.18. The summed E-state index contributed by atoms with van der Waals surface area (Å²) < 4.78 is 1.00. The summed E-state index contributed by atoms with van der Waals surface area (Å²) in [5.74, 6) is -2.20. The zero-order valence-electron chi connectivity index (χ0n) is 18.4. The molecule has 0 saturated carbocycles. The van der Waals surface area contributed by atoms with Crippen molar-refractivity contribution in [1.82, 2.24) is 4.90 Å². The van der Waals surface area contributed by atoms with Crippen LogP contribution < -0.4 is 0 Å². The van der Waals surface area contributed by atoms with Gasteiger partial charge in [0.1, 0.15) is 0 Å². The minimum absolute atomic E-state index is 0.0763. The number of carboxylic acid groups (broad SMARTS) is 2. The van der Waals surface area contributed by atoms with Crippen LogP contribution in [-0.2, 0) is 9.59 Å². The van der Waals surface area contributed by atoms with Gasteiger partial charge in [-0.25, -0.2) is 9.59 Å². The fourth-order valence-corrected chi connectivity index (χ4v) is 2.83. The third-order valence-corrected chi connectivity index (χ3v) is 4.87. The Morgan fingerprint density at radius 1 is 1.10 bits per heavy atom. The quantitative estimate of drug-likeness (QED) is 0.235. The van der Waals surface area contributed by atoms with Crippen LogP contribution >= 0.6 is 15.9 Å². The fraction of sp³-hybridized carbons (Fsp3) is 0.375. The van der Waals surface area contributed by atoms with Gasteiger partial charge in [0, 0.05) is 41.2 Å². The second-order valence-electron chi connectivity index (χ2n) is 7.23. The third-order valence-electron chi connectivity index (χ3n) is 4.35. The molecule has 0 radical (unpaired) electrons. The lowest BCUT2D eigenvalue weighted by Gasteiger charge is -2.13. The molecule has 1 unspecified atom stereocenters. The molecular formula is C24H32BrNO5. The Kier molecular flexibility index (Phi) is 14.9. The van der Waals surface area contributed by atoms with Crippen LogP contribution in [0.3, 0.4) is 0 Å². The molecule has 0 aliphatic rings. The van der Waals surface area contributed by atoms with Crippen molar-refractivity contribution >= 4 is 33.7 Å². The first kappa shape index (κ1) is 28.5. The van der Waals surface area contributed by atoms with E-state index in [0.717, 1.165) is 42.4 Å². The number of carbonyl (C=O) groups is 3. The summed E-state index contributed by atoms with van der Waals surface area (Å²) in [6.07, 6.45) is 8.34. The smallest absolute Gasteiger partial charge is 0.328 e. The van der Waals surface area contributed by atoms with Gasteiger partial charge in [-0.1, -0.05) is 52.7 Å². The predicted octanol–water partition coefficient (Wildman–Crippen LogP) is 5.21. The maximum Gasteiger partial charge on any atom is 0.328 e. The number of allylic oxidation sites excluding steroid dienone is 1. The van der Waals surface area contributed by atoms with Gasteiger partial charge in [0.15, 0.2) is 5.78 Å². The number of likely N-dealkylation sites (N-methyl/N-ethyl adjacent to an activating group) is 1. The van der Waals surface area contributed by atoms with Crippen molar-refractivity contribution in [3.63, 3.8) is 0 Å². The minimum atomic E-state index is -1.26. The number of aliphatic carboxylic acids is 2. The molecule has 2 N–H and O–H groups in total. The lowest BCUT2D eigenvalue weighted by atomic mass is 9.93. The lowest BCUT2D eigenvalue weighted by molar-refractivity contribution is -0.134. The Morgan fingerprint density at radius 3 is 2.13 bits per heavy atom. The highest BCUT2D eigenvalue weighted by molar-refractivity contribution is 9.10. The van der Waals surface area contributed by atoms with Crippen LogP contribution in [-0.4, -0.2) is 53.0 Å². The highest BCUT2D eigenvalue weighted by atomic mass is 79.9. The molecule has 1 rings (SSSR count). The molecule has 1 aromatic carbocycles. The normalized spacial score (nSPS) is 12.2. The van der Waals surface area contributed by atoms with Crippen molar-refractivity contribution in [1.29, 1.82) is 0 Å². The second-order valence-corrected chi connectivity index (χ2v) is 8.15. The van der Waals surface area contributed by atoms with E-state index in [4.69, 9.17) is 10.2 Å². The van der Waals surface area contributed by atoms with Gasteiger partial charge < -0.3 is 10.2 Å². The lowest BCUT2D eigenvalue weighted by Crippen LogP contribution is -2.18. The molecule has 0 aromatic heterocycles. The van der Waals surface area contributed by atoms with Gasteiger partial charge in [-0.2, -0.15) is 0 Å². The molecule has 0 aliphatic heterocycles. The van der Waals surface area contributed by atoms with Crippen LogP contribution in [0, 0.1) is 5.92 Å². The second kappa shape index (κ2) is 16.2. The van der Waals surface area contributed by atoms with Crippen molar-refractivity contribution in [2.24, 2.45) is 5.92 Å². The van der Waals surface area contributed by atoms with E-state index in [9.17, 15) is 14.4 Å². The van der Waals surface area contributed by atoms with Gasteiger partial charge >= 0.3 is 11.9 Å². The van der Waals surface area contributed by atoms with Crippen LogP contribution in [0.15, 0.2) is 65.2 Å². The van der Waals surface area contributed by atoms with Gasteiger partial charge in [-0.05, 0) is 45.4 Å². The van der Waals surface area contributed by atoms with E-state index < -0.39 is 11.9 Å². The minimum Gasteiger partial charge on any atom is -0.478 e. The summed E-state index contributed by atoms with van der Waals surface area (Å²) in [6, 6.07) is 7.63. The summed E-state index contributed by atoms with van der Waals surface area (Å²) >= 11 is 3.40. The zero-order chi connectivity index (χ0) is 23.8. The first-order chi connectivity index (χ1) is 14.6. The summed E-state index contributed by atoms with van der Waals surface area (Å²) in [5, 5.41) is 15.6. The molecule has 7 heteroatoms. The average molecular weight is 494 g/mol. The number of Topliss-reactive ketones (excluding diaryl/α,β-unsaturated/α-hetero) is 1. The van der Waals surface area contributed by atoms with E-state index in [-0.39, 0.29) is 11.7 Å². The van der Waals surface area contributed by atoms with Gasteiger partial charge in [0.05, 0.1) is 0 Å². The van der Waals surface area contributed by atoms with Crippen molar-refractivity contribution in [3.8, 4) is 0 Å². The van der Waals surface area contributed by atoms with Crippen LogP contribution in [0.2, 0.25) is 0 Å². The summed E-state index contributed by atoms with van der Waals surface area (Å²) in [7, 11) is 2.09. The molecule has 0 saturated heterocycles. The van der Waals surface area contributed by atoms with Gasteiger partial charge in [-0.3, -0.25) is 9.69 Å². The van der Waals surface area contributed by atoms with Gasteiger partial charge in [-0.15, -0.1) is 6.58 Å². The fourth-order valence-electron chi connectivity index (χ4n) is 2.57. The summed E-state index contributed by atoms with van der Waals surface area (Å²) in [6.45, 7) is 9.80. The SMILES string of the molecule is C=CCN(C)C/C=C(\C)CCCC(C)C(=O)c1ccc(Br)cc1.O=C(O)/C=C/C(=O)O. The maximum atomic E-state index is 12.4. The van der Waals surface area contributed by atoms with Crippen molar-refractivity contribution in [3.05, 3.63) is 70.8 Å². The molecule has 0 heterocycles. The van der Waals surface area contributed by atoms with Crippen molar-refractivity contribution < 1.29 is 24.6 Å². The molecule has 1 atom stereocenters. The first-order valence-electron chi connectivity index (χ1n) is 9.95. The van der Waals surface area contributed by atoms with E-state index in [1.807, 2.05) is 37.3 Å². The van der Waals surface area contributed by atoms with Crippen molar-refractivity contribution in [2.45, 2.75) is 33.1 Å². The van der Waals surface area contributed by atoms with E-state index in [2.05, 4.69) is 47.5 Å². The van der Waals surface area contributed by atoms with E-state index >= 15 is 0 Å². The Hall–Kier alpha value is -2.51. The molecule has 0 aliphatic carbocycles. The zero-order valence-corrected chi connectivity index (χ0v) is 20.0. The van der Waals surface area contributed by atoms with E-state index in [0.29, 0.717) is 12.2 Å². The maximum absolute atomic E-state index is 12.4. The number of carbonyl (C=O) groups excluding carboxylic acids is 1. The number of hydrogen-bond donors (Lipinski definition) is 2. The topological polar surface area (TPSA) is 94.9 Å². The molecule has 0 fully saturated rings. The largest absolute Gasteiger partial charge is 0.478 e. The number of halogens is 1. The van der Waals surface area contributed by atoms with Gasteiger partial charge in [0.2, 0.25) is 0 Å². The van der Waals surface area contributed by atoms with Crippen LogP contribution in [0.1, 0.15) is 43.5 Å². The van der Waals surface area contributed by atoms with E-state index in [1.165, 1.54) is 5.57 Å². The Morgan fingerprint density at radius 2 is 1.65 bits per heavy atom. The predicted molar refractivity (Wildman–Crippen MR) is 127 cm³/mol. The number of rotatable bonds is 12. The molecule has 0 bridgehead atoms.